The molecule has 6 heteroatoms. The number of rotatable bonds is 1. The Morgan fingerprint density at radius 2 is 2.09 bits per heavy atom. The molecular formula is C16H18N2O4. The van der Waals surface area contributed by atoms with Gasteiger partial charge in [0.2, 0.25) is 0 Å². The van der Waals surface area contributed by atoms with Gasteiger partial charge in [0.15, 0.2) is 6.04 Å². The Hall–Kier alpha value is -2.55. The molecule has 1 unspecified atom stereocenters. The van der Waals surface area contributed by atoms with E-state index in [0.29, 0.717) is 17.5 Å². The van der Waals surface area contributed by atoms with E-state index < -0.39 is 23.7 Å². The van der Waals surface area contributed by atoms with E-state index in [4.69, 9.17) is 10.00 Å². The fourth-order valence-electron chi connectivity index (χ4n) is 2.47. The highest BCUT2D eigenvalue weighted by atomic mass is 16.6. The minimum atomic E-state index is -1.14. The molecule has 0 fully saturated rings. The van der Waals surface area contributed by atoms with Crippen LogP contribution in [-0.4, -0.2) is 34.2 Å². The van der Waals surface area contributed by atoms with Gasteiger partial charge < -0.3 is 9.84 Å². The molecule has 0 saturated carbocycles. The third kappa shape index (κ3) is 3.19. The van der Waals surface area contributed by atoms with Gasteiger partial charge in [-0.15, -0.1) is 0 Å². The molecule has 22 heavy (non-hydrogen) atoms. The summed E-state index contributed by atoms with van der Waals surface area (Å²) >= 11 is 0. The van der Waals surface area contributed by atoms with E-state index in [1.807, 2.05) is 6.07 Å². The van der Waals surface area contributed by atoms with Gasteiger partial charge in [0.05, 0.1) is 11.6 Å². The first-order chi connectivity index (χ1) is 10.2. The number of amides is 1. The highest BCUT2D eigenvalue weighted by Crippen LogP contribution is 2.32. The summed E-state index contributed by atoms with van der Waals surface area (Å²) in [6, 6.07) is 5.79. The average Bonchev–Trinajstić information content (AvgIpc) is 2.43. The van der Waals surface area contributed by atoms with Crippen molar-refractivity contribution in [2.24, 2.45) is 0 Å². The molecule has 1 heterocycles. The van der Waals surface area contributed by atoms with Crippen molar-refractivity contribution >= 4 is 12.1 Å². The van der Waals surface area contributed by atoms with Crippen LogP contribution in [0.25, 0.3) is 0 Å². The van der Waals surface area contributed by atoms with E-state index >= 15 is 0 Å². The van der Waals surface area contributed by atoms with Crippen molar-refractivity contribution in [3.8, 4) is 6.07 Å². The molecule has 1 aliphatic rings. The van der Waals surface area contributed by atoms with Gasteiger partial charge in [0, 0.05) is 6.54 Å². The monoisotopic (exact) mass is 302 g/mol. The van der Waals surface area contributed by atoms with Crippen molar-refractivity contribution in [3.63, 3.8) is 0 Å². The van der Waals surface area contributed by atoms with Crippen LogP contribution in [-0.2, 0) is 16.0 Å². The molecule has 1 aliphatic heterocycles. The molecule has 2 rings (SSSR count). The lowest BCUT2D eigenvalue weighted by Gasteiger charge is -2.35. The van der Waals surface area contributed by atoms with Crippen molar-refractivity contribution in [2.75, 3.05) is 6.54 Å². The summed E-state index contributed by atoms with van der Waals surface area (Å²) in [5.74, 6) is -1.14. The Morgan fingerprint density at radius 1 is 1.41 bits per heavy atom. The van der Waals surface area contributed by atoms with Crippen LogP contribution in [0, 0.1) is 11.3 Å². The van der Waals surface area contributed by atoms with Gasteiger partial charge in [-0.3, -0.25) is 4.90 Å². The van der Waals surface area contributed by atoms with Crippen LogP contribution in [0.5, 0.6) is 0 Å². The van der Waals surface area contributed by atoms with Crippen molar-refractivity contribution in [2.45, 2.75) is 38.8 Å². The minimum Gasteiger partial charge on any atom is -0.479 e. The number of carboxylic acid groups (broad SMARTS) is 1. The lowest BCUT2D eigenvalue weighted by atomic mass is 9.91. The standard InChI is InChI=1S/C16H18N2O4/c1-16(2,3)22-15(21)18-7-6-11-5-4-10(9-17)8-12(11)13(18)14(19)20/h4-5,8,13H,6-7H2,1-3H3,(H,19,20). The Bertz CT molecular complexity index is 655. The average molecular weight is 302 g/mol. The molecule has 0 aromatic heterocycles. The van der Waals surface area contributed by atoms with Crippen LogP contribution < -0.4 is 0 Å². The molecule has 1 amide bonds. The second-order valence-electron chi connectivity index (χ2n) is 6.19. The van der Waals surface area contributed by atoms with E-state index in [1.165, 1.54) is 11.0 Å². The number of nitrogens with zero attached hydrogens (tertiary/aromatic N) is 2. The minimum absolute atomic E-state index is 0.269. The Kier molecular flexibility index (Phi) is 4.09. The topological polar surface area (TPSA) is 90.6 Å². The second-order valence-corrected chi connectivity index (χ2v) is 6.19. The predicted octanol–water partition coefficient (Wildman–Crippen LogP) is 2.48. The fourth-order valence-corrected chi connectivity index (χ4v) is 2.47. The number of carbonyl (C=O) groups is 2. The van der Waals surface area contributed by atoms with Gasteiger partial charge in [0.25, 0.3) is 0 Å². The van der Waals surface area contributed by atoms with Gasteiger partial charge in [-0.1, -0.05) is 6.07 Å². The Morgan fingerprint density at radius 3 is 2.64 bits per heavy atom. The zero-order valence-corrected chi connectivity index (χ0v) is 12.8. The van der Waals surface area contributed by atoms with Crippen LogP contribution in [0.1, 0.15) is 43.5 Å². The van der Waals surface area contributed by atoms with Crippen LogP contribution in [0.4, 0.5) is 4.79 Å². The number of aliphatic carboxylic acids is 1. The molecule has 0 saturated heterocycles. The molecule has 0 spiro atoms. The molecule has 6 nitrogen and oxygen atoms in total. The first kappa shape index (κ1) is 15.8. The van der Waals surface area contributed by atoms with E-state index in [1.54, 1.807) is 32.9 Å². The van der Waals surface area contributed by atoms with Gasteiger partial charge in [-0.2, -0.15) is 5.26 Å². The highest BCUT2D eigenvalue weighted by molar-refractivity contribution is 5.83. The first-order valence-electron chi connectivity index (χ1n) is 6.98. The molecule has 1 N–H and O–H groups in total. The molecule has 0 aliphatic carbocycles. The molecule has 1 aromatic rings. The maximum absolute atomic E-state index is 12.3. The number of hydrogen-bond acceptors (Lipinski definition) is 4. The molecule has 0 bridgehead atoms. The van der Waals surface area contributed by atoms with E-state index in [-0.39, 0.29) is 6.54 Å². The molecule has 1 aromatic carbocycles. The number of ether oxygens (including phenoxy) is 1. The van der Waals surface area contributed by atoms with E-state index in [9.17, 15) is 14.7 Å². The van der Waals surface area contributed by atoms with E-state index in [0.717, 1.165) is 5.56 Å². The van der Waals surface area contributed by atoms with Crippen molar-refractivity contribution in [3.05, 3.63) is 34.9 Å². The van der Waals surface area contributed by atoms with E-state index in [2.05, 4.69) is 0 Å². The maximum Gasteiger partial charge on any atom is 0.411 e. The molecule has 116 valence electrons. The number of hydrogen-bond donors (Lipinski definition) is 1. The normalized spacial score (nSPS) is 17.4. The number of carbonyl (C=O) groups excluding carboxylic acids is 1. The lowest BCUT2D eigenvalue weighted by Crippen LogP contribution is -2.45. The largest absolute Gasteiger partial charge is 0.479 e. The molecular weight excluding hydrogens is 284 g/mol. The van der Waals surface area contributed by atoms with Gasteiger partial charge in [-0.25, -0.2) is 9.59 Å². The van der Waals surface area contributed by atoms with Crippen LogP contribution >= 0.6 is 0 Å². The summed E-state index contributed by atoms with van der Waals surface area (Å²) in [6.45, 7) is 5.45. The van der Waals surface area contributed by atoms with Gasteiger partial charge in [-0.05, 0) is 50.5 Å². The fraction of sp³-hybridized carbons (Fsp3) is 0.438. The number of nitriles is 1. The van der Waals surface area contributed by atoms with Crippen LogP contribution in [0.2, 0.25) is 0 Å². The Balaban J connectivity index is 2.40. The summed E-state index contributed by atoms with van der Waals surface area (Å²) in [5.41, 5.74) is 0.987. The van der Waals surface area contributed by atoms with Gasteiger partial charge >= 0.3 is 12.1 Å². The zero-order chi connectivity index (χ0) is 16.5. The number of carboxylic acids is 1. The first-order valence-corrected chi connectivity index (χ1v) is 6.98. The lowest BCUT2D eigenvalue weighted by molar-refractivity contribution is -0.143. The number of fused-ring (bicyclic) bond motifs is 1. The SMILES string of the molecule is CC(C)(C)OC(=O)N1CCc2ccc(C#N)cc2C1C(=O)O. The summed E-state index contributed by atoms with van der Waals surface area (Å²) < 4.78 is 5.29. The smallest absolute Gasteiger partial charge is 0.411 e. The highest BCUT2D eigenvalue weighted by Gasteiger charge is 2.38. The Labute approximate surface area is 128 Å². The van der Waals surface area contributed by atoms with Gasteiger partial charge in [0.1, 0.15) is 5.60 Å². The number of benzene rings is 1. The van der Waals surface area contributed by atoms with Crippen molar-refractivity contribution in [1.82, 2.24) is 4.90 Å². The quantitative estimate of drug-likeness (QED) is 0.860. The summed E-state index contributed by atoms with van der Waals surface area (Å²) in [5, 5.41) is 18.5. The summed E-state index contributed by atoms with van der Waals surface area (Å²) in [6.07, 6.45) is -0.128. The van der Waals surface area contributed by atoms with Crippen molar-refractivity contribution < 1.29 is 19.4 Å². The summed E-state index contributed by atoms with van der Waals surface area (Å²) in [4.78, 5) is 25.1. The third-order valence-electron chi connectivity index (χ3n) is 3.37. The van der Waals surface area contributed by atoms with Crippen LogP contribution in [0.3, 0.4) is 0 Å². The molecule has 1 atom stereocenters. The maximum atomic E-state index is 12.3. The summed E-state index contributed by atoms with van der Waals surface area (Å²) in [7, 11) is 0. The van der Waals surface area contributed by atoms with Crippen molar-refractivity contribution in [1.29, 1.82) is 5.26 Å². The zero-order valence-electron chi connectivity index (χ0n) is 12.8. The predicted molar refractivity (Wildman–Crippen MR) is 78.2 cm³/mol. The van der Waals surface area contributed by atoms with Crippen LogP contribution in [0.15, 0.2) is 18.2 Å². The molecule has 0 radical (unpaired) electrons. The third-order valence-corrected chi connectivity index (χ3v) is 3.37. The second kappa shape index (κ2) is 5.68.